The average molecular weight is 457 g/mol. The van der Waals surface area contributed by atoms with Crippen LogP contribution in [-0.2, 0) is 0 Å². The Morgan fingerprint density at radius 1 is 0.971 bits per heavy atom. The van der Waals surface area contributed by atoms with E-state index in [0.29, 0.717) is 5.92 Å². The van der Waals surface area contributed by atoms with Gasteiger partial charge in [-0.15, -0.1) is 6.58 Å². The maximum atomic E-state index is 4.77. The molecule has 3 unspecified atom stereocenters. The molecule has 0 N–H and O–H groups in total. The summed E-state index contributed by atoms with van der Waals surface area (Å²) in [5, 5.41) is 0. The minimum atomic E-state index is 0.259. The van der Waals surface area contributed by atoms with E-state index in [1.807, 2.05) is 6.08 Å². The molecule has 35 heavy (non-hydrogen) atoms. The normalized spacial score (nSPS) is 25.4. The van der Waals surface area contributed by atoms with Crippen LogP contribution in [0.1, 0.15) is 68.1 Å². The molecule has 2 aromatic rings. The molecule has 0 nitrogen and oxygen atoms in total. The van der Waals surface area contributed by atoms with Crippen molar-refractivity contribution < 1.29 is 0 Å². The van der Waals surface area contributed by atoms with Crippen LogP contribution >= 0.6 is 0 Å². The molecule has 1 fully saturated rings. The zero-order valence-electron chi connectivity index (χ0n) is 21.2. The lowest BCUT2D eigenvalue weighted by molar-refractivity contribution is 0.619. The molecule has 0 spiro atoms. The second-order valence-corrected chi connectivity index (χ2v) is 10.3. The summed E-state index contributed by atoms with van der Waals surface area (Å²) in [5.74, 6) is 0.834. The molecular weight excluding hydrogens is 420 g/mol. The number of benzene rings is 2. The average Bonchev–Trinajstić information content (AvgIpc) is 3.32. The third kappa shape index (κ3) is 3.76. The Morgan fingerprint density at radius 3 is 2.40 bits per heavy atom. The van der Waals surface area contributed by atoms with Gasteiger partial charge in [0.2, 0.25) is 0 Å². The highest BCUT2D eigenvalue weighted by atomic mass is 14.5. The Hall–Kier alpha value is -3.38. The Labute approximate surface area is 211 Å². The van der Waals surface area contributed by atoms with Gasteiger partial charge in [0, 0.05) is 17.8 Å². The van der Waals surface area contributed by atoms with Gasteiger partial charge >= 0.3 is 0 Å². The van der Waals surface area contributed by atoms with Crippen LogP contribution < -0.4 is 0 Å². The predicted molar refractivity (Wildman–Crippen MR) is 151 cm³/mol. The molecule has 3 aliphatic carbocycles. The lowest BCUT2D eigenvalue weighted by atomic mass is 9.69. The zero-order valence-corrected chi connectivity index (χ0v) is 21.2. The van der Waals surface area contributed by atoms with Crippen molar-refractivity contribution in [2.24, 2.45) is 5.92 Å². The van der Waals surface area contributed by atoms with Crippen LogP contribution in [0.25, 0.3) is 5.57 Å². The van der Waals surface area contributed by atoms with E-state index in [1.165, 1.54) is 61.3 Å². The van der Waals surface area contributed by atoms with Gasteiger partial charge in [0.15, 0.2) is 0 Å². The van der Waals surface area contributed by atoms with E-state index in [1.54, 1.807) is 0 Å². The van der Waals surface area contributed by atoms with Gasteiger partial charge in [-0.25, -0.2) is 0 Å². The summed E-state index contributed by atoms with van der Waals surface area (Å²) < 4.78 is 0. The molecule has 0 bridgehead atoms. The molecule has 0 heteroatoms. The Kier molecular flexibility index (Phi) is 6.24. The standard InChI is InChI=1S/C35H36/c1-7-14-22(3)32-23(4)20-27-21-31(25(6)33(27)35(32)26-16-10-9-11-17-26)34-24(5)28(15-8-2)29-18-12-13-19-30(29)34/h8-13,16-20,28,33,35H,2-3,5-7,14-15,21H2,1,4H3/b34-31-. The summed E-state index contributed by atoms with van der Waals surface area (Å²) in [6.07, 6.45) is 8.45. The highest BCUT2D eigenvalue weighted by Crippen LogP contribution is 2.58. The first-order chi connectivity index (χ1) is 17.0. The quantitative estimate of drug-likeness (QED) is 0.380. The van der Waals surface area contributed by atoms with E-state index >= 15 is 0 Å². The fourth-order valence-electron chi connectivity index (χ4n) is 6.72. The number of hydrogen-bond acceptors (Lipinski definition) is 0. The van der Waals surface area contributed by atoms with Gasteiger partial charge in [0.25, 0.3) is 0 Å². The van der Waals surface area contributed by atoms with E-state index in [4.69, 9.17) is 6.58 Å². The van der Waals surface area contributed by atoms with Gasteiger partial charge in [-0.3, -0.25) is 0 Å². The molecule has 2 aromatic carbocycles. The molecule has 0 aromatic heterocycles. The van der Waals surface area contributed by atoms with E-state index in [9.17, 15) is 0 Å². The largest absolute Gasteiger partial charge is 0.103 e. The van der Waals surface area contributed by atoms with Crippen LogP contribution in [0.4, 0.5) is 0 Å². The van der Waals surface area contributed by atoms with Crippen molar-refractivity contribution in [3.05, 3.63) is 149 Å². The fraction of sp³-hybridized carbons (Fsp3) is 0.257. The molecule has 176 valence electrons. The minimum absolute atomic E-state index is 0.259. The topological polar surface area (TPSA) is 0 Å². The monoisotopic (exact) mass is 456 g/mol. The van der Waals surface area contributed by atoms with E-state index < -0.39 is 0 Å². The molecule has 0 amide bonds. The Morgan fingerprint density at radius 2 is 1.69 bits per heavy atom. The van der Waals surface area contributed by atoms with Crippen LogP contribution in [-0.4, -0.2) is 0 Å². The van der Waals surface area contributed by atoms with Crippen LogP contribution in [0.2, 0.25) is 0 Å². The van der Waals surface area contributed by atoms with Crippen molar-refractivity contribution in [3.63, 3.8) is 0 Å². The lowest BCUT2D eigenvalue weighted by Crippen LogP contribution is -2.21. The molecular formula is C35H36. The first kappa shape index (κ1) is 23.4. The van der Waals surface area contributed by atoms with Crippen molar-refractivity contribution in [2.75, 3.05) is 0 Å². The smallest absolute Gasteiger partial charge is 0.0201 e. The number of allylic oxidation sites excluding steroid dienone is 10. The second-order valence-electron chi connectivity index (χ2n) is 10.3. The Bertz CT molecular complexity index is 1320. The maximum Gasteiger partial charge on any atom is 0.0201 e. The van der Waals surface area contributed by atoms with Crippen LogP contribution in [0.15, 0.2) is 132 Å². The summed E-state index contributed by atoms with van der Waals surface area (Å²) in [6.45, 7) is 22.5. The van der Waals surface area contributed by atoms with Crippen molar-refractivity contribution in [2.45, 2.75) is 51.4 Å². The molecule has 3 atom stereocenters. The van der Waals surface area contributed by atoms with Crippen LogP contribution in [0.5, 0.6) is 0 Å². The minimum Gasteiger partial charge on any atom is -0.103 e. The van der Waals surface area contributed by atoms with Crippen molar-refractivity contribution in [1.29, 1.82) is 0 Å². The summed E-state index contributed by atoms with van der Waals surface area (Å²) >= 11 is 0. The molecule has 5 rings (SSSR count). The van der Waals surface area contributed by atoms with E-state index in [2.05, 4.69) is 94.3 Å². The van der Waals surface area contributed by atoms with Crippen molar-refractivity contribution >= 4 is 5.57 Å². The molecule has 0 radical (unpaired) electrons. The SMILES string of the molecule is C=CCC1C(=C)/C(=C2\CC3=CC(C)=C(C(=C)CCC)C(c4ccccc4)C3C2=C)c2ccccc21. The molecule has 3 aliphatic rings. The molecule has 0 aliphatic heterocycles. The second kappa shape index (κ2) is 9.34. The van der Waals surface area contributed by atoms with E-state index in [-0.39, 0.29) is 11.8 Å². The van der Waals surface area contributed by atoms with Crippen molar-refractivity contribution in [3.8, 4) is 0 Å². The third-order valence-corrected chi connectivity index (χ3v) is 8.16. The van der Waals surface area contributed by atoms with E-state index in [0.717, 1.165) is 25.7 Å². The maximum absolute atomic E-state index is 4.77. The molecule has 1 saturated carbocycles. The first-order valence-corrected chi connectivity index (χ1v) is 12.9. The molecule has 0 heterocycles. The van der Waals surface area contributed by atoms with Gasteiger partial charge in [-0.1, -0.05) is 111 Å². The first-order valence-electron chi connectivity index (χ1n) is 12.9. The summed E-state index contributed by atoms with van der Waals surface area (Å²) in [5.41, 5.74) is 14.8. The number of rotatable bonds is 6. The van der Waals surface area contributed by atoms with Gasteiger partial charge in [0.1, 0.15) is 0 Å². The van der Waals surface area contributed by atoms with Crippen LogP contribution in [0.3, 0.4) is 0 Å². The fourth-order valence-corrected chi connectivity index (χ4v) is 6.72. The highest BCUT2D eigenvalue weighted by Gasteiger charge is 2.43. The summed E-state index contributed by atoms with van der Waals surface area (Å²) in [4.78, 5) is 0. The third-order valence-electron chi connectivity index (χ3n) is 8.16. The number of hydrogen-bond donors (Lipinski definition) is 0. The van der Waals surface area contributed by atoms with Crippen molar-refractivity contribution in [1.82, 2.24) is 0 Å². The van der Waals surface area contributed by atoms with Gasteiger partial charge in [-0.05, 0) is 76.3 Å². The highest BCUT2D eigenvalue weighted by molar-refractivity contribution is 5.92. The zero-order chi connectivity index (χ0) is 24.7. The Balaban J connectivity index is 1.67. The summed E-state index contributed by atoms with van der Waals surface area (Å²) in [6, 6.07) is 19.8. The van der Waals surface area contributed by atoms with Gasteiger partial charge in [-0.2, -0.15) is 0 Å². The van der Waals surface area contributed by atoms with Gasteiger partial charge < -0.3 is 0 Å². The van der Waals surface area contributed by atoms with Gasteiger partial charge in [0.05, 0.1) is 0 Å². The molecule has 0 saturated heterocycles. The summed E-state index contributed by atoms with van der Waals surface area (Å²) in [7, 11) is 0. The lowest BCUT2D eigenvalue weighted by Gasteiger charge is -2.34. The number of fused-ring (bicyclic) bond motifs is 2. The van der Waals surface area contributed by atoms with Crippen LogP contribution in [0, 0.1) is 5.92 Å². The predicted octanol–water partition coefficient (Wildman–Crippen LogP) is 9.64.